The molecular weight excluding hydrogens is 328 g/mol. The Hall–Kier alpha value is -2.60. The van der Waals surface area contributed by atoms with Crippen molar-refractivity contribution in [1.29, 1.82) is 0 Å². The molecule has 26 heavy (non-hydrogen) atoms. The Balaban J connectivity index is 1.47. The van der Waals surface area contributed by atoms with E-state index in [1.165, 1.54) is 12.8 Å². The van der Waals surface area contributed by atoms with Crippen LogP contribution in [0.25, 0.3) is 0 Å². The van der Waals surface area contributed by atoms with Crippen LogP contribution in [0.1, 0.15) is 18.4 Å². The summed E-state index contributed by atoms with van der Waals surface area (Å²) in [6.45, 7) is 3.10. The van der Waals surface area contributed by atoms with Crippen LogP contribution in [-0.2, 0) is 16.1 Å². The molecule has 0 radical (unpaired) electrons. The van der Waals surface area contributed by atoms with Gasteiger partial charge in [0.25, 0.3) is 0 Å². The number of aromatic nitrogens is 1. The average Bonchev–Trinajstić information content (AvgIpc) is 3.53. The van der Waals surface area contributed by atoms with E-state index in [1.807, 2.05) is 18.2 Å². The lowest BCUT2D eigenvalue weighted by Gasteiger charge is -2.35. The first kappa shape index (κ1) is 15.6. The molecular formula is C20H22N4O2. The molecule has 134 valence electrons. The molecule has 0 bridgehead atoms. The fraction of sp³-hybridized carbons (Fsp3) is 0.400. The van der Waals surface area contributed by atoms with Crippen molar-refractivity contribution in [1.82, 2.24) is 4.98 Å². The number of amides is 1. The quantitative estimate of drug-likeness (QED) is 0.863. The molecule has 3 heterocycles. The second-order valence-corrected chi connectivity index (χ2v) is 7.26. The van der Waals surface area contributed by atoms with Crippen molar-refractivity contribution >= 4 is 29.3 Å². The zero-order chi connectivity index (χ0) is 17.5. The van der Waals surface area contributed by atoms with Gasteiger partial charge in [-0.15, -0.1) is 0 Å². The van der Waals surface area contributed by atoms with Crippen LogP contribution in [-0.4, -0.2) is 37.2 Å². The Kier molecular flexibility index (Phi) is 3.78. The topological polar surface area (TPSA) is 57.7 Å². The van der Waals surface area contributed by atoms with E-state index >= 15 is 0 Å². The van der Waals surface area contributed by atoms with Gasteiger partial charge in [-0.2, -0.15) is 0 Å². The number of pyridine rings is 1. The standard InChI is InChI=1S/C20H22N4O2/c25-13-24-11-15-2-1-7-21-20(15)22-17-6-5-16(10-18(17)24)23-8-9-26-19(12-23)14-3-4-14/h1-2,5-7,10,13-14,19H,3-4,8-9,11-12H2,(H,21,22). The van der Waals surface area contributed by atoms with Crippen LogP contribution >= 0.6 is 0 Å². The van der Waals surface area contributed by atoms with Crippen molar-refractivity contribution in [3.63, 3.8) is 0 Å². The van der Waals surface area contributed by atoms with Crippen LogP contribution in [0.2, 0.25) is 0 Å². The van der Waals surface area contributed by atoms with Gasteiger partial charge in [0.2, 0.25) is 6.41 Å². The predicted molar refractivity (Wildman–Crippen MR) is 101 cm³/mol. The maximum atomic E-state index is 11.8. The molecule has 2 aromatic rings. The molecule has 1 aromatic carbocycles. The van der Waals surface area contributed by atoms with E-state index in [0.717, 1.165) is 60.5 Å². The number of carbonyl (C=O) groups is 1. The Labute approximate surface area is 152 Å². The summed E-state index contributed by atoms with van der Waals surface area (Å²) in [6.07, 6.45) is 5.59. The number of rotatable bonds is 3. The van der Waals surface area contributed by atoms with Gasteiger partial charge in [0.1, 0.15) is 5.82 Å². The summed E-state index contributed by atoms with van der Waals surface area (Å²) in [4.78, 5) is 20.3. The second-order valence-electron chi connectivity index (χ2n) is 7.26. The lowest BCUT2D eigenvalue weighted by Crippen LogP contribution is -2.43. The van der Waals surface area contributed by atoms with E-state index < -0.39 is 0 Å². The third-order valence-electron chi connectivity index (χ3n) is 5.51. The number of anilines is 4. The number of hydrogen-bond donors (Lipinski definition) is 1. The number of nitrogens with one attached hydrogen (secondary N) is 1. The van der Waals surface area contributed by atoms with Gasteiger partial charge in [0, 0.05) is 30.5 Å². The lowest BCUT2D eigenvalue weighted by atomic mass is 10.1. The minimum atomic E-state index is 0.344. The van der Waals surface area contributed by atoms with E-state index in [0.29, 0.717) is 12.6 Å². The predicted octanol–water partition coefficient (Wildman–Crippen LogP) is 2.92. The third-order valence-corrected chi connectivity index (χ3v) is 5.51. The van der Waals surface area contributed by atoms with Crippen molar-refractivity contribution in [3.05, 3.63) is 42.1 Å². The monoisotopic (exact) mass is 350 g/mol. The van der Waals surface area contributed by atoms with Gasteiger partial charge in [-0.05, 0) is 43.0 Å². The first-order chi connectivity index (χ1) is 12.8. The van der Waals surface area contributed by atoms with Gasteiger partial charge in [-0.3, -0.25) is 4.79 Å². The molecule has 1 atom stereocenters. The van der Waals surface area contributed by atoms with Crippen molar-refractivity contribution < 1.29 is 9.53 Å². The molecule has 1 N–H and O–H groups in total. The highest BCUT2D eigenvalue weighted by Gasteiger charge is 2.35. The fourth-order valence-corrected chi connectivity index (χ4v) is 3.89. The highest BCUT2D eigenvalue weighted by molar-refractivity contribution is 5.89. The number of ether oxygens (including phenoxy) is 1. The molecule has 1 aromatic heterocycles. The van der Waals surface area contributed by atoms with Crippen LogP contribution in [0.5, 0.6) is 0 Å². The van der Waals surface area contributed by atoms with Gasteiger partial charge >= 0.3 is 0 Å². The molecule has 5 rings (SSSR count). The van der Waals surface area contributed by atoms with Crippen molar-refractivity contribution in [3.8, 4) is 0 Å². The number of carbonyl (C=O) groups excluding carboxylic acids is 1. The Bertz CT molecular complexity index is 836. The largest absolute Gasteiger partial charge is 0.374 e. The summed E-state index contributed by atoms with van der Waals surface area (Å²) < 4.78 is 5.94. The molecule has 1 saturated heterocycles. The smallest absolute Gasteiger partial charge is 0.214 e. The zero-order valence-electron chi connectivity index (χ0n) is 14.6. The molecule has 2 fully saturated rings. The number of nitrogens with zero attached hydrogens (tertiary/aromatic N) is 3. The zero-order valence-corrected chi connectivity index (χ0v) is 14.6. The minimum Gasteiger partial charge on any atom is -0.374 e. The Morgan fingerprint density at radius 3 is 3.04 bits per heavy atom. The highest BCUT2D eigenvalue weighted by atomic mass is 16.5. The van der Waals surface area contributed by atoms with E-state index in [2.05, 4.69) is 27.3 Å². The summed E-state index contributed by atoms with van der Waals surface area (Å²) in [5.41, 5.74) is 3.96. The molecule has 1 saturated carbocycles. The summed E-state index contributed by atoms with van der Waals surface area (Å²) in [7, 11) is 0. The van der Waals surface area contributed by atoms with Crippen molar-refractivity contribution in [2.24, 2.45) is 5.92 Å². The minimum absolute atomic E-state index is 0.344. The van der Waals surface area contributed by atoms with Gasteiger partial charge in [0.15, 0.2) is 0 Å². The number of fused-ring (bicyclic) bond motifs is 2. The summed E-state index contributed by atoms with van der Waals surface area (Å²) in [5, 5.41) is 3.38. The highest BCUT2D eigenvalue weighted by Crippen LogP contribution is 2.39. The van der Waals surface area contributed by atoms with E-state index in [1.54, 1.807) is 11.1 Å². The second kappa shape index (κ2) is 6.29. The molecule has 6 heteroatoms. The number of benzene rings is 1. The average molecular weight is 350 g/mol. The number of hydrogen-bond acceptors (Lipinski definition) is 5. The van der Waals surface area contributed by atoms with E-state index in [-0.39, 0.29) is 0 Å². The van der Waals surface area contributed by atoms with E-state index in [9.17, 15) is 4.79 Å². The molecule has 1 unspecified atom stereocenters. The maximum Gasteiger partial charge on any atom is 0.214 e. The molecule has 3 aliphatic rings. The first-order valence-corrected chi connectivity index (χ1v) is 9.25. The van der Waals surface area contributed by atoms with Gasteiger partial charge in [-0.1, -0.05) is 6.07 Å². The maximum absolute atomic E-state index is 11.8. The SMILES string of the molecule is O=CN1Cc2cccnc2Nc2ccc(N3CCOC(C4CC4)C3)cc21. The van der Waals surface area contributed by atoms with Crippen LogP contribution in [0, 0.1) is 5.92 Å². The first-order valence-electron chi connectivity index (χ1n) is 9.25. The van der Waals surface area contributed by atoms with Crippen molar-refractivity contribution in [2.45, 2.75) is 25.5 Å². The molecule has 1 aliphatic carbocycles. The van der Waals surface area contributed by atoms with Gasteiger partial charge in [0.05, 0.1) is 30.6 Å². The van der Waals surface area contributed by atoms with Crippen LogP contribution in [0.3, 0.4) is 0 Å². The molecule has 6 nitrogen and oxygen atoms in total. The summed E-state index contributed by atoms with van der Waals surface area (Å²) in [5.74, 6) is 1.54. The third kappa shape index (κ3) is 2.80. The number of morpholine rings is 1. The normalized spacial score (nSPS) is 22.1. The van der Waals surface area contributed by atoms with E-state index in [4.69, 9.17) is 4.74 Å². The molecule has 1 amide bonds. The summed E-state index contributed by atoms with van der Waals surface area (Å²) in [6, 6.07) is 10.2. The Morgan fingerprint density at radius 1 is 1.27 bits per heavy atom. The Morgan fingerprint density at radius 2 is 2.19 bits per heavy atom. The lowest BCUT2D eigenvalue weighted by molar-refractivity contribution is -0.107. The van der Waals surface area contributed by atoms with Crippen LogP contribution in [0.4, 0.5) is 22.9 Å². The molecule has 2 aliphatic heterocycles. The van der Waals surface area contributed by atoms with Gasteiger partial charge < -0.3 is 19.9 Å². The summed E-state index contributed by atoms with van der Waals surface area (Å²) >= 11 is 0. The fourth-order valence-electron chi connectivity index (χ4n) is 3.89. The van der Waals surface area contributed by atoms with Gasteiger partial charge in [-0.25, -0.2) is 4.98 Å². The molecule has 0 spiro atoms. The van der Waals surface area contributed by atoms with Crippen LogP contribution in [0.15, 0.2) is 36.5 Å². The van der Waals surface area contributed by atoms with Crippen molar-refractivity contribution in [2.75, 3.05) is 34.8 Å². The van der Waals surface area contributed by atoms with Crippen LogP contribution < -0.4 is 15.1 Å².